The van der Waals surface area contributed by atoms with E-state index in [9.17, 15) is 0 Å². The molecule has 1 heteroatoms. The molecule has 0 aromatic carbocycles. The van der Waals surface area contributed by atoms with Crippen LogP contribution in [0, 0.1) is 0 Å². The molecular weight excluding hydrogens is 68.1 g/mol. The molecule has 0 saturated carbocycles. The fourth-order valence-corrected chi connectivity index (χ4v) is 0. The third-order valence-electron chi connectivity index (χ3n) is 0.102. The normalized spacial score (nSPS) is 7.75. The van der Waals surface area contributed by atoms with E-state index >= 15 is 0 Å². The second-order valence-corrected chi connectivity index (χ2v) is 0.556. The van der Waals surface area contributed by atoms with Crippen molar-refractivity contribution >= 4 is 17.2 Å². The summed E-state index contributed by atoms with van der Waals surface area (Å²) in [7, 11) is 0. The van der Waals surface area contributed by atoms with Crippen molar-refractivity contribution in [3.8, 4) is 0 Å². The molecule has 0 aliphatic rings. The van der Waals surface area contributed by atoms with Crippen molar-refractivity contribution in [2.75, 3.05) is 0 Å². The van der Waals surface area contributed by atoms with E-state index in [1.54, 1.807) is 6.92 Å². The Kier molecular flexibility index (Phi) is 1.53. The van der Waals surface area contributed by atoms with E-state index in [1.165, 1.54) is 0 Å². The van der Waals surface area contributed by atoms with Gasteiger partial charge in [-0.2, -0.15) is 0 Å². The standard InChI is InChI=1S/C3H4S/c1-2-3-4/h2H,1H3/i2T. The lowest BCUT2D eigenvalue weighted by atomic mass is 10.8. The molecule has 0 amide bonds. The summed E-state index contributed by atoms with van der Waals surface area (Å²) in [6.07, 6.45) is 0. The second kappa shape index (κ2) is 2.87. The summed E-state index contributed by atoms with van der Waals surface area (Å²) < 4.78 is 6.53. The topological polar surface area (TPSA) is 0 Å². The first kappa shape index (κ1) is 2.13. The zero-order chi connectivity index (χ0) is 4.28. The molecule has 0 aliphatic heterocycles. The minimum Gasteiger partial charge on any atom is -0.0507 e. The highest BCUT2D eigenvalue weighted by atomic mass is 32.1. The first-order chi connectivity index (χ1) is 2.27. The molecule has 0 aromatic heterocycles. The molecule has 0 heterocycles. The molecule has 22 valence electrons. The fraction of sp³-hybridized carbons (Fsp3) is 0.333. The molecule has 0 unspecified atom stereocenters. The lowest BCUT2D eigenvalue weighted by Crippen LogP contribution is -1.26. The number of allylic oxidation sites excluding steroid dienone is 1. The Balaban J connectivity index is 3.60. The highest BCUT2D eigenvalue weighted by molar-refractivity contribution is 7.78. The van der Waals surface area contributed by atoms with Gasteiger partial charge in [-0.25, -0.2) is 0 Å². The van der Waals surface area contributed by atoms with E-state index in [0.717, 1.165) is 0 Å². The summed E-state index contributed by atoms with van der Waals surface area (Å²) >= 11 is 4.20. The highest BCUT2D eigenvalue weighted by Crippen LogP contribution is 1.42. The van der Waals surface area contributed by atoms with Crippen LogP contribution in [0.4, 0.5) is 0 Å². The molecule has 0 radical (unpaired) electrons. The summed E-state index contributed by atoms with van der Waals surface area (Å²) in [5, 5.41) is 2.19. The molecule has 0 spiro atoms. The van der Waals surface area contributed by atoms with Crippen molar-refractivity contribution in [3.05, 3.63) is 6.05 Å². The first-order valence-corrected chi connectivity index (χ1v) is 1.36. The van der Waals surface area contributed by atoms with E-state index in [4.69, 9.17) is 1.37 Å². The minimum atomic E-state index is 0.319. The molecule has 4 heavy (non-hydrogen) atoms. The zero-order valence-corrected chi connectivity index (χ0v) is 3.22. The number of thiocarbonyl (C=S) groups is 1. The van der Waals surface area contributed by atoms with Gasteiger partial charge in [-0.05, 0) is 25.2 Å². The molecule has 0 aliphatic carbocycles. The smallest absolute Gasteiger partial charge is 0.0507 e. The van der Waals surface area contributed by atoms with Crippen LogP contribution in [0.25, 0.3) is 0 Å². The van der Waals surface area contributed by atoms with E-state index in [1.807, 2.05) is 0 Å². The van der Waals surface area contributed by atoms with Crippen molar-refractivity contribution in [2.24, 2.45) is 0 Å². The predicted molar refractivity (Wildman–Crippen MR) is 22.8 cm³/mol. The Morgan fingerprint density at radius 1 is 2.50 bits per heavy atom. The quantitative estimate of drug-likeness (QED) is 0.388. The maximum atomic E-state index is 6.53. The van der Waals surface area contributed by atoms with Crippen LogP contribution in [-0.4, -0.2) is 5.02 Å². The third-order valence-corrected chi connectivity index (χ3v) is 0.306. The predicted octanol–water partition coefficient (Wildman–Crippen LogP) is 1.16. The minimum absolute atomic E-state index is 0.319. The number of hydrogen-bond donors (Lipinski definition) is 0. The molecule has 0 atom stereocenters. The summed E-state index contributed by atoms with van der Waals surface area (Å²) in [6, 6.07) is 0.319. The molecule has 0 N–H and O–H groups in total. The van der Waals surface area contributed by atoms with E-state index in [0.29, 0.717) is 6.05 Å². The van der Waals surface area contributed by atoms with E-state index in [-0.39, 0.29) is 0 Å². The average Bonchev–Trinajstić information content (AvgIpc) is 1.38. The van der Waals surface area contributed by atoms with Gasteiger partial charge in [-0.1, -0.05) is 5.02 Å². The summed E-state index contributed by atoms with van der Waals surface area (Å²) in [4.78, 5) is 0. The highest BCUT2D eigenvalue weighted by Gasteiger charge is 1.27. The van der Waals surface area contributed by atoms with Gasteiger partial charge in [0.25, 0.3) is 0 Å². The number of hydrogen-bond acceptors (Lipinski definition) is 1. The Morgan fingerprint density at radius 2 is 2.75 bits per heavy atom. The van der Waals surface area contributed by atoms with Crippen LogP contribution in [0.5, 0.6) is 0 Å². The SMILES string of the molecule is [3H]C(C)=C=S. The Morgan fingerprint density at radius 3 is 2.75 bits per heavy atom. The van der Waals surface area contributed by atoms with Gasteiger partial charge in [-0.3, -0.25) is 0 Å². The summed E-state index contributed by atoms with van der Waals surface area (Å²) in [6.45, 7) is 1.59. The Hall–Kier alpha value is -0.130. The van der Waals surface area contributed by atoms with Gasteiger partial charge in [0.1, 0.15) is 0 Å². The Labute approximate surface area is 32.5 Å². The molecule has 0 bridgehead atoms. The molecule has 0 nitrogen and oxygen atoms in total. The lowest BCUT2D eigenvalue weighted by Gasteiger charge is -1.34. The van der Waals surface area contributed by atoms with Gasteiger partial charge in [0, 0.05) is 0 Å². The Bertz CT molecular complexity index is 67.0. The average molecular weight is 74.1 g/mol. The molecular formula is C3H4S. The van der Waals surface area contributed by atoms with E-state index in [2.05, 4.69) is 17.2 Å². The molecule has 0 saturated heterocycles. The third kappa shape index (κ3) is 1.87. The van der Waals surface area contributed by atoms with Crippen LogP contribution in [-0.2, 0) is 0 Å². The van der Waals surface area contributed by atoms with Crippen LogP contribution in [0.1, 0.15) is 8.29 Å². The van der Waals surface area contributed by atoms with Gasteiger partial charge < -0.3 is 0 Å². The maximum absolute atomic E-state index is 6.53. The number of rotatable bonds is 0. The van der Waals surface area contributed by atoms with Gasteiger partial charge in [0.05, 0.1) is 1.37 Å². The second-order valence-electron chi connectivity index (χ2n) is 0.352. The zero-order valence-electron chi connectivity index (χ0n) is 3.41. The largest absolute Gasteiger partial charge is 0.0672 e. The fourth-order valence-electron chi connectivity index (χ4n) is 0. The lowest BCUT2D eigenvalue weighted by molar-refractivity contribution is 1.84. The molecule has 0 rings (SSSR count). The van der Waals surface area contributed by atoms with Crippen molar-refractivity contribution in [1.82, 2.24) is 0 Å². The van der Waals surface area contributed by atoms with Crippen LogP contribution in [0.2, 0.25) is 0 Å². The van der Waals surface area contributed by atoms with Crippen molar-refractivity contribution in [3.63, 3.8) is 0 Å². The summed E-state index contributed by atoms with van der Waals surface area (Å²) in [5.41, 5.74) is 0. The first-order valence-electron chi connectivity index (χ1n) is 1.45. The van der Waals surface area contributed by atoms with Crippen molar-refractivity contribution in [2.45, 2.75) is 6.92 Å². The maximum Gasteiger partial charge on any atom is 0.0672 e. The van der Waals surface area contributed by atoms with Crippen LogP contribution >= 0.6 is 12.2 Å². The van der Waals surface area contributed by atoms with Gasteiger partial charge in [0.2, 0.25) is 0 Å². The van der Waals surface area contributed by atoms with Gasteiger partial charge >= 0.3 is 0 Å². The monoisotopic (exact) mass is 74.0 g/mol. The van der Waals surface area contributed by atoms with Gasteiger partial charge in [-0.15, -0.1) is 0 Å². The summed E-state index contributed by atoms with van der Waals surface area (Å²) in [5.74, 6) is 0. The van der Waals surface area contributed by atoms with Crippen molar-refractivity contribution < 1.29 is 1.37 Å². The van der Waals surface area contributed by atoms with Crippen LogP contribution in [0.15, 0.2) is 6.05 Å². The van der Waals surface area contributed by atoms with Crippen molar-refractivity contribution in [1.29, 1.82) is 0 Å². The molecule has 0 aromatic rings. The van der Waals surface area contributed by atoms with Crippen LogP contribution < -0.4 is 0 Å². The van der Waals surface area contributed by atoms with Crippen LogP contribution in [0.3, 0.4) is 0 Å². The molecule has 0 fully saturated rings. The van der Waals surface area contributed by atoms with Gasteiger partial charge in [0.15, 0.2) is 0 Å². The van der Waals surface area contributed by atoms with E-state index < -0.39 is 0 Å².